The van der Waals surface area contributed by atoms with Crippen LogP contribution in [-0.4, -0.2) is 30.8 Å². The van der Waals surface area contributed by atoms with E-state index in [-0.39, 0.29) is 12.1 Å². The number of aliphatic hydroxyl groups is 1. The zero-order valence-corrected chi connectivity index (χ0v) is 11.1. The van der Waals surface area contributed by atoms with Crippen molar-refractivity contribution in [2.45, 2.75) is 37.8 Å². The minimum atomic E-state index is 0.00973. The van der Waals surface area contributed by atoms with E-state index < -0.39 is 0 Å². The maximum Gasteiger partial charge on any atom is 0.0613 e. The molecule has 3 rings (SSSR count). The molecule has 1 heterocycles. The Morgan fingerprint density at radius 1 is 1.39 bits per heavy atom. The van der Waals surface area contributed by atoms with Gasteiger partial charge in [0.05, 0.1) is 6.61 Å². The molecule has 0 bridgehead atoms. The number of nitrogens with one attached hydrogen (secondary N) is 1. The molecular formula is C15H22N2O. The van der Waals surface area contributed by atoms with Gasteiger partial charge in [0.25, 0.3) is 0 Å². The van der Waals surface area contributed by atoms with E-state index in [0.717, 1.165) is 32.4 Å². The molecule has 1 aromatic carbocycles. The summed E-state index contributed by atoms with van der Waals surface area (Å²) >= 11 is 0. The fourth-order valence-electron chi connectivity index (χ4n) is 3.01. The summed E-state index contributed by atoms with van der Waals surface area (Å²) < 4.78 is 0. The molecule has 1 aliphatic heterocycles. The molecule has 1 aliphatic carbocycles. The molecular weight excluding hydrogens is 224 g/mol. The van der Waals surface area contributed by atoms with Gasteiger partial charge in [-0.2, -0.15) is 0 Å². The predicted octanol–water partition coefficient (Wildman–Crippen LogP) is 1.68. The zero-order valence-electron chi connectivity index (χ0n) is 11.1. The van der Waals surface area contributed by atoms with Crippen molar-refractivity contribution in [3.8, 4) is 0 Å². The van der Waals surface area contributed by atoms with Crippen LogP contribution in [0.5, 0.6) is 0 Å². The van der Waals surface area contributed by atoms with Gasteiger partial charge in [-0.25, -0.2) is 0 Å². The summed E-state index contributed by atoms with van der Waals surface area (Å²) in [6, 6.07) is 6.75. The number of hydrogen-bond donors (Lipinski definition) is 2. The molecule has 0 radical (unpaired) electrons. The molecule has 3 heteroatoms. The van der Waals surface area contributed by atoms with Gasteiger partial charge in [0.15, 0.2) is 0 Å². The highest BCUT2D eigenvalue weighted by molar-refractivity contribution is 5.58. The summed E-state index contributed by atoms with van der Waals surface area (Å²) in [7, 11) is 2.15. The first-order valence-corrected chi connectivity index (χ1v) is 6.91. The summed E-state index contributed by atoms with van der Waals surface area (Å²) in [4.78, 5) is 2.31. The molecule has 2 aliphatic rings. The van der Waals surface area contributed by atoms with Gasteiger partial charge in [-0.05, 0) is 42.9 Å². The third-order valence-corrected chi connectivity index (χ3v) is 4.55. The number of anilines is 1. The monoisotopic (exact) mass is 246 g/mol. The van der Waals surface area contributed by atoms with E-state index in [2.05, 4.69) is 35.5 Å². The Morgan fingerprint density at radius 3 is 2.89 bits per heavy atom. The average Bonchev–Trinajstić information content (AvgIpc) is 2.70. The third-order valence-electron chi connectivity index (χ3n) is 4.55. The molecule has 0 spiro atoms. The first-order valence-electron chi connectivity index (χ1n) is 6.91. The van der Waals surface area contributed by atoms with E-state index in [1.54, 1.807) is 0 Å². The van der Waals surface area contributed by atoms with E-state index in [0.29, 0.717) is 0 Å². The summed E-state index contributed by atoms with van der Waals surface area (Å²) in [5.74, 6) is 0. The van der Waals surface area contributed by atoms with Crippen molar-refractivity contribution in [1.29, 1.82) is 0 Å². The molecule has 98 valence electrons. The number of aliphatic hydroxyl groups excluding tert-OH is 1. The fourth-order valence-corrected chi connectivity index (χ4v) is 3.01. The highest BCUT2D eigenvalue weighted by Gasteiger charge is 2.35. The average molecular weight is 246 g/mol. The lowest BCUT2D eigenvalue weighted by Crippen LogP contribution is -2.53. The van der Waals surface area contributed by atoms with Gasteiger partial charge in [-0.15, -0.1) is 0 Å². The van der Waals surface area contributed by atoms with Crippen LogP contribution < -0.4 is 10.2 Å². The standard InChI is InChI=1S/C15H22N2O/c1-17-8-5-13-9-12(3-4-14(13)17)10-16-15(11-18)6-2-7-15/h3-4,9,16,18H,2,5-8,10-11H2,1H3. The van der Waals surface area contributed by atoms with E-state index in [1.807, 2.05) is 0 Å². The van der Waals surface area contributed by atoms with E-state index in [1.165, 1.54) is 23.2 Å². The Morgan fingerprint density at radius 2 is 2.22 bits per heavy atom. The molecule has 1 fully saturated rings. The van der Waals surface area contributed by atoms with Gasteiger partial charge in [-0.3, -0.25) is 0 Å². The van der Waals surface area contributed by atoms with Gasteiger partial charge >= 0.3 is 0 Å². The lowest BCUT2D eigenvalue weighted by molar-refractivity contribution is 0.0872. The quantitative estimate of drug-likeness (QED) is 0.848. The van der Waals surface area contributed by atoms with Crippen molar-refractivity contribution in [3.63, 3.8) is 0 Å². The van der Waals surface area contributed by atoms with Gasteiger partial charge in [0, 0.05) is 31.4 Å². The second-order valence-corrected chi connectivity index (χ2v) is 5.78. The minimum Gasteiger partial charge on any atom is -0.394 e. The Balaban J connectivity index is 1.67. The molecule has 18 heavy (non-hydrogen) atoms. The number of likely N-dealkylation sites (N-methyl/N-ethyl adjacent to an activating group) is 1. The maximum absolute atomic E-state index is 9.43. The molecule has 0 amide bonds. The molecule has 1 aromatic rings. The molecule has 0 aromatic heterocycles. The molecule has 3 nitrogen and oxygen atoms in total. The van der Waals surface area contributed by atoms with Crippen LogP contribution in [0.15, 0.2) is 18.2 Å². The van der Waals surface area contributed by atoms with Gasteiger partial charge in [0.1, 0.15) is 0 Å². The molecule has 1 saturated carbocycles. The maximum atomic E-state index is 9.43. The van der Waals surface area contributed by atoms with Crippen LogP contribution >= 0.6 is 0 Å². The fraction of sp³-hybridized carbons (Fsp3) is 0.600. The lowest BCUT2D eigenvalue weighted by Gasteiger charge is -2.41. The minimum absolute atomic E-state index is 0.00973. The highest BCUT2D eigenvalue weighted by atomic mass is 16.3. The topological polar surface area (TPSA) is 35.5 Å². The van der Waals surface area contributed by atoms with Crippen LogP contribution in [0, 0.1) is 0 Å². The van der Waals surface area contributed by atoms with Crippen LogP contribution in [0.4, 0.5) is 5.69 Å². The van der Waals surface area contributed by atoms with E-state index in [9.17, 15) is 5.11 Å². The SMILES string of the molecule is CN1CCc2cc(CNC3(CO)CCC3)ccc21. The molecule has 0 saturated heterocycles. The Labute approximate surface area is 109 Å². The Kier molecular flexibility index (Phi) is 3.04. The van der Waals surface area contributed by atoms with Crippen LogP contribution in [-0.2, 0) is 13.0 Å². The van der Waals surface area contributed by atoms with Crippen molar-refractivity contribution in [3.05, 3.63) is 29.3 Å². The van der Waals surface area contributed by atoms with Crippen LogP contribution in [0.2, 0.25) is 0 Å². The van der Waals surface area contributed by atoms with Crippen molar-refractivity contribution in [2.24, 2.45) is 0 Å². The third kappa shape index (κ3) is 2.02. The number of fused-ring (bicyclic) bond motifs is 1. The molecule has 0 unspecified atom stereocenters. The van der Waals surface area contributed by atoms with E-state index >= 15 is 0 Å². The largest absolute Gasteiger partial charge is 0.394 e. The molecule has 2 N–H and O–H groups in total. The second kappa shape index (κ2) is 4.56. The number of rotatable bonds is 4. The second-order valence-electron chi connectivity index (χ2n) is 5.78. The lowest BCUT2D eigenvalue weighted by atomic mass is 9.77. The van der Waals surface area contributed by atoms with Gasteiger partial charge in [0.2, 0.25) is 0 Å². The van der Waals surface area contributed by atoms with Gasteiger partial charge in [-0.1, -0.05) is 12.1 Å². The summed E-state index contributed by atoms with van der Waals surface area (Å²) in [6.07, 6.45) is 4.61. The van der Waals surface area contributed by atoms with Crippen molar-refractivity contribution >= 4 is 5.69 Å². The van der Waals surface area contributed by atoms with E-state index in [4.69, 9.17) is 0 Å². The van der Waals surface area contributed by atoms with Gasteiger partial charge < -0.3 is 15.3 Å². The number of hydrogen-bond acceptors (Lipinski definition) is 3. The summed E-state index contributed by atoms with van der Waals surface area (Å²) in [6.45, 7) is 2.27. The van der Waals surface area contributed by atoms with Crippen LogP contribution in [0.3, 0.4) is 0 Å². The Hall–Kier alpha value is -1.06. The van der Waals surface area contributed by atoms with Crippen LogP contribution in [0.1, 0.15) is 30.4 Å². The van der Waals surface area contributed by atoms with Crippen molar-refractivity contribution in [2.75, 3.05) is 25.1 Å². The zero-order chi connectivity index (χ0) is 12.6. The highest BCUT2D eigenvalue weighted by Crippen LogP contribution is 2.32. The number of benzene rings is 1. The van der Waals surface area contributed by atoms with Crippen molar-refractivity contribution in [1.82, 2.24) is 5.32 Å². The first kappa shape index (κ1) is 12.0. The number of nitrogens with zero attached hydrogens (tertiary/aromatic N) is 1. The predicted molar refractivity (Wildman–Crippen MR) is 73.9 cm³/mol. The Bertz CT molecular complexity index is 435. The normalized spacial score (nSPS) is 20.7. The summed E-state index contributed by atoms with van der Waals surface area (Å²) in [5, 5.41) is 13.0. The van der Waals surface area contributed by atoms with Crippen molar-refractivity contribution < 1.29 is 5.11 Å². The summed E-state index contributed by atoms with van der Waals surface area (Å²) in [5.41, 5.74) is 4.18. The smallest absolute Gasteiger partial charge is 0.0613 e. The first-order chi connectivity index (χ1) is 8.72. The van der Waals surface area contributed by atoms with Crippen LogP contribution in [0.25, 0.3) is 0 Å². The molecule has 0 atom stereocenters.